The molecule has 5 heterocycles. The number of aryl methyl sites for hydroxylation is 1. The zero-order chi connectivity index (χ0) is 26.8. The lowest BCUT2D eigenvalue weighted by Gasteiger charge is -2.40. The third-order valence-corrected chi connectivity index (χ3v) is 7.04. The van der Waals surface area contributed by atoms with Crippen molar-refractivity contribution in [3.63, 3.8) is 0 Å². The lowest BCUT2D eigenvalue weighted by molar-refractivity contribution is 0.180. The molecule has 0 spiro atoms. The Morgan fingerprint density at radius 1 is 1.03 bits per heavy atom. The zero-order valence-corrected chi connectivity index (χ0v) is 22.3. The number of piperazine rings is 1. The van der Waals surface area contributed by atoms with E-state index >= 15 is 0 Å². The quantitative estimate of drug-likeness (QED) is 0.318. The van der Waals surface area contributed by atoms with Gasteiger partial charge in [0.15, 0.2) is 11.6 Å². The number of hydrogen-bond donors (Lipinski definition) is 2. The van der Waals surface area contributed by atoms with E-state index in [0.29, 0.717) is 29.4 Å². The molecule has 10 nitrogen and oxygen atoms in total. The Morgan fingerprint density at radius 2 is 1.92 bits per heavy atom. The summed E-state index contributed by atoms with van der Waals surface area (Å²) in [5, 5.41) is 11.5. The van der Waals surface area contributed by atoms with Crippen LogP contribution in [0.15, 0.2) is 67.0 Å². The van der Waals surface area contributed by atoms with Gasteiger partial charge < -0.3 is 15.0 Å². The minimum atomic E-state index is 0.380. The molecule has 0 radical (unpaired) electrons. The number of benzene rings is 1. The number of H-pyrrole nitrogens is 1. The third-order valence-electron chi connectivity index (χ3n) is 7.04. The van der Waals surface area contributed by atoms with E-state index in [1.165, 1.54) is 5.56 Å². The third kappa shape index (κ3) is 5.37. The van der Waals surface area contributed by atoms with E-state index in [-0.39, 0.29) is 0 Å². The summed E-state index contributed by atoms with van der Waals surface area (Å²) in [5.74, 6) is 3.65. The molecule has 1 saturated heterocycles. The molecule has 0 aliphatic carbocycles. The first-order valence-corrected chi connectivity index (χ1v) is 13.1. The molecule has 0 unspecified atom stereocenters. The summed E-state index contributed by atoms with van der Waals surface area (Å²) in [6.45, 7) is 7.85. The standard InChI is InChI=1S/C29H31N9O/c1-19-14-25(36-35-19)33-29-23-6-4-5-7-24(23)32-28(34-29)22-9-10-26(30-16-22)38-13-12-37(20(2)17-38)18-21-8-11-27(39-3)31-15-21/h4-11,14-16,20H,12-13,17-18H2,1-3H3,(H2,32,33,34,35,36)/t20-/m1/s1. The number of ether oxygens (including phenoxy) is 1. The van der Waals surface area contributed by atoms with Crippen molar-refractivity contribution in [3.05, 3.63) is 78.2 Å². The number of rotatable bonds is 7. The maximum Gasteiger partial charge on any atom is 0.212 e. The van der Waals surface area contributed by atoms with Crippen molar-refractivity contribution in [1.29, 1.82) is 0 Å². The van der Waals surface area contributed by atoms with Gasteiger partial charge in [0.2, 0.25) is 5.88 Å². The van der Waals surface area contributed by atoms with E-state index in [0.717, 1.165) is 54.2 Å². The Morgan fingerprint density at radius 3 is 2.64 bits per heavy atom. The van der Waals surface area contributed by atoms with Crippen LogP contribution in [0.1, 0.15) is 18.2 Å². The summed E-state index contributed by atoms with van der Waals surface area (Å²) in [4.78, 5) is 23.6. The number of fused-ring (bicyclic) bond motifs is 1. The van der Waals surface area contributed by atoms with Crippen molar-refractivity contribution in [2.45, 2.75) is 26.4 Å². The molecule has 198 valence electrons. The van der Waals surface area contributed by atoms with Crippen LogP contribution in [0.25, 0.3) is 22.3 Å². The van der Waals surface area contributed by atoms with Crippen molar-refractivity contribution in [3.8, 4) is 17.3 Å². The van der Waals surface area contributed by atoms with Gasteiger partial charge in [0.1, 0.15) is 11.6 Å². The number of pyridine rings is 2. The predicted molar refractivity (Wildman–Crippen MR) is 152 cm³/mol. The fraction of sp³-hybridized carbons (Fsp3) is 0.276. The Bertz CT molecular complexity index is 1570. The average Bonchev–Trinajstić information content (AvgIpc) is 3.38. The Hall–Kier alpha value is -4.57. The van der Waals surface area contributed by atoms with Crippen LogP contribution in [0.5, 0.6) is 5.88 Å². The molecular formula is C29H31N9O. The molecule has 1 fully saturated rings. The van der Waals surface area contributed by atoms with Crippen molar-refractivity contribution >= 4 is 28.4 Å². The van der Waals surface area contributed by atoms with Crippen molar-refractivity contribution in [2.75, 3.05) is 37.0 Å². The molecule has 4 aromatic heterocycles. The molecule has 39 heavy (non-hydrogen) atoms. The second-order valence-electron chi connectivity index (χ2n) is 9.85. The number of hydrogen-bond acceptors (Lipinski definition) is 9. The summed E-state index contributed by atoms with van der Waals surface area (Å²) in [7, 11) is 1.64. The molecule has 6 rings (SSSR count). The molecule has 5 aromatic rings. The van der Waals surface area contributed by atoms with E-state index in [1.54, 1.807) is 7.11 Å². The molecule has 0 amide bonds. The van der Waals surface area contributed by atoms with Crippen molar-refractivity contribution < 1.29 is 4.74 Å². The predicted octanol–water partition coefficient (Wildman–Crippen LogP) is 4.58. The highest BCUT2D eigenvalue weighted by molar-refractivity contribution is 5.91. The van der Waals surface area contributed by atoms with Crippen LogP contribution in [-0.4, -0.2) is 67.8 Å². The molecule has 0 saturated carbocycles. The minimum Gasteiger partial charge on any atom is -0.481 e. The molecule has 1 aromatic carbocycles. The average molecular weight is 522 g/mol. The lowest BCUT2D eigenvalue weighted by atomic mass is 10.1. The highest BCUT2D eigenvalue weighted by Gasteiger charge is 2.25. The van der Waals surface area contributed by atoms with E-state index in [2.05, 4.69) is 55.4 Å². The van der Waals surface area contributed by atoms with Crippen LogP contribution in [0.2, 0.25) is 0 Å². The van der Waals surface area contributed by atoms with E-state index < -0.39 is 0 Å². The SMILES string of the molecule is COc1ccc(CN2CCN(c3ccc(-c4nc(Nc5cc(C)[nH]n5)c5ccccc5n4)cn3)C[C@H]2C)cn1. The van der Waals surface area contributed by atoms with E-state index in [9.17, 15) is 0 Å². The van der Waals surface area contributed by atoms with Gasteiger partial charge in [-0.1, -0.05) is 18.2 Å². The van der Waals surface area contributed by atoms with Crippen LogP contribution < -0.4 is 15.0 Å². The Balaban J connectivity index is 1.17. The van der Waals surface area contributed by atoms with E-state index in [1.807, 2.05) is 55.7 Å². The second kappa shape index (κ2) is 10.7. The fourth-order valence-corrected chi connectivity index (χ4v) is 4.91. The van der Waals surface area contributed by atoms with Crippen LogP contribution in [0, 0.1) is 6.92 Å². The van der Waals surface area contributed by atoms with Gasteiger partial charge in [-0.3, -0.25) is 10.00 Å². The summed E-state index contributed by atoms with van der Waals surface area (Å²) in [5.41, 5.74) is 3.89. The van der Waals surface area contributed by atoms with Gasteiger partial charge in [0.25, 0.3) is 0 Å². The topological polar surface area (TPSA) is 108 Å². The van der Waals surface area contributed by atoms with Crippen LogP contribution in [0.3, 0.4) is 0 Å². The summed E-state index contributed by atoms with van der Waals surface area (Å²) >= 11 is 0. The zero-order valence-electron chi connectivity index (χ0n) is 22.3. The van der Waals surface area contributed by atoms with Gasteiger partial charge in [-0.15, -0.1) is 0 Å². The van der Waals surface area contributed by atoms with Crippen LogP contribution >= 0.6 is 0 Å². The number of anilines is 3. The number of aromatic nitrogens is 6. The maximum absolute atomic E-state index is 5.18. The molecule has 1 aliphatic heterocycles. The summed E-state index contributed by atoms with van der Waals surface area (Å²) in [6.07, 6.45) is 3.76. The fourth-order valence-electron chi connectivity index (χ4n) is 4.91. The maximum atomic E-state index is 5.18. The Labute approximate surface area is 227 Å². The monoisotopic (exact) mass is 521 g/mol. The Kier molecular flexibility index (Phi) is 6.76. The largest absolute Gasteiger partial charge is 0.481 e. The van der Waals surface area contributed by atoms with Gasteiger partial charge in [-0.05, 0) is 43.7 Å². The highest BCUT2D eigenvalue weighted by Crippen LogP contribution is 2.28. The first-order chi connectivity index (χ1) is 19.1. The minimum absolute atomic E-state index is 0.380. The normalized spacial score (nSPS) is 16.0. The molecular weight excluding hydrogens is 490 g/mol. The lowest BCUT2D eigenvalue weighted by Crippen LogP contribution is -2.51. The van der Waals surface area contributed by atoms with Gasteiger partial charge in [-0.25, -0.2) is 19.9 Å². The number of methoxy groups -OCH3 is 1. The molecule has 10 heteroatoms. The molecule has 0 bridgehead atoms. The first kappa shape index (κ1) is 24.7. The van der Waals surface area contributed by atoms with Gasteiger partial charge >= 0.3 is 0 Å². The smallest absolute Gasteiger partial charge is 0.212 e. The van der Waals surface area contributed by atoms with Crippen molar-refractivity contribution in [2.24, 2.45) is 0 Å². The molecule has 1 aliphatic rings. The van der Waals surface area contributed by atoms with E-state index in [4.69, 9.17) is 19.7 Å². The number of nitrogens with zero attached hydrogens (tertiary/aromatic N) is 7. The molecule has 1 atom stereocenters. The van der Waals surface area contributed by atoms with Crippen LogP contribution in [0.4, 0.5) is 17.5 Å². The molecule has 2 N–H and O–H groups in total. The number of aromatic amines is 1. The van der Waals surface area contributed by atoms with Gasteiger partial charge in [0.05, 0.1) is 12.6 Å². The second-order valence-corrected chi connectivity index (χ2v) is 9.85. The first-order valence-electron chi connectivity index (χ1n) is 13.1. The van der Waals surface area contributed by atoms with Crippen molar-refractivity contribution in [1.82, 2.24) is 35.0 Å². The van der Waals surface area contributed by atoms with Gasteiger partial charge in [0, 0.05) is 73.4 Å². The number of nitrogens with one attached hydrogen (secondary N) is 2. The van der Waals surface area contributed by atoms with Gasteiger partial charge in [-0.2, -0.15) is 5.10 Å². The highest BCUT2D eigenvalue weighted by atomic mass is 16.5. The summed E-state index contributed by atoms with van der Waals surface area (Å²) < 4.78 is 5.18. The number of para-hydroxylation sites is 1. The summed E-state index contributed by atoms with van der Waals surface area (Å²) in [6, 6.07) is 18.4. The van der Waals surface area contributed by atoms with Crippen LogP contribution in [-0.2, 0) is 6.54 Å².